The van der Waals surface area contributed by atoms with E-state index in [1.807, 2.05) is 0 Å². The minimum atomic E-state index is -3.75. The van der Waals surface area contributed by atoms with Crippen molar-refractivity contribution in [2.75, 3.05) is 13.7 Å². The van der Waals surface area contributed by atoms with Crippen molar-refractivity contribution in [3.8, 4) is 5.75 Å². The molecular formula is C11H13NO5S. The number of methoxy groups -OCH3 is 1. The van der Waals surface area contributed by atoms with Gasteiger partial charge in [0.15, 0.2) is 0 Å². The molecule has 6 nitrogen and oxygen atoms in total. The molecule has 0 radical (unpaired) electrons. The van der Waals surface area contributed by atoms with Gasteiger partial charge in [-0.05, 0) is 30.2 Å². The molecule has 18 heavy (non-hydrogen) atoms. The molecule has 1 aliphatic rings. The second kappa shape index (κ2) is 4.58. The quantitative estimate of drug-likeness (QED) is 0.767. The van der Waals surface area contributed by atoms with Crippen LogP contribution in [0.1, 0.15) is 5.56 Å². The highest BCUT2D eigenvalue weighted by atomic mass is 32.2. The first-order chi connectivity index (χ1) is 8.41. The summed E-state index contributed by atoms with van der Waals surface area (Å²) < 4.78 is 32.5. The number of fused-ring (bicyclic) bond motifs is 1. The van der Waals surface area contributed by atoms with Crippen LogP contribution in [-0.2, 0) is 26.0 Å². The monoisotopic (exact) mass is 271 g/mol. The van der Waals surface area contributed by atoms with Gasteiger partial charge in [-0.1, -0.05) is 0 Å². The summed E-state index contributed by atoms with van der Waals surface area (Å²) in [6.45, 7) is 0.231. The van der Waals surface area contributed by atoms with Crippen LogP contribution in [0.3, 0.4) is 0 Å². The zero-order valence-electron chi connectivity index (χ0n) is 9.75. The summed E-state index contributed by atoms with van der Waals surface area (Å²) in [4.78, 5) is 11.4. The molecule has 0 fully saturated rings. The van der Waals surface area contributed by atoms with E-state index in [0.29, 0.717) is 17.7 Å². The van der Waals surface area contributed by atoms with Crippen LogP contribution in [0.25, 0.3) is 0 Å². The number of hydrogen-bond acceptors (Lipinski definition) is 5. The van der Waals surface area contributed by atoms with Crippen molar-refractivity contribution in [1.82, 2.24) is 0 Å². The van der Waals surface area contributed by atoms with E-state index in [0.717, 1.165) is 0 Å². The lowest BCUT2D eigenvalue weighted by Gasteiger charge is -2.23. The van der Waals surface area contributed by atoms with E-state index in [-0.39, 0.29) is 17.5 Å². The van der Waals surface area contributed by atoms with Gasteiger partial charge in [-0.2, -0.15) is 0 Å². The van der Waals surface area contributed by atoms with E-state index in [1.54, 1.807) is 6.07 Å². The van der Waals surface area contributed by atoms with Crippen molar-refractivity contribution < 1.29 is 22.7 Å². The smallest absolute Gasteiger partial charge is 0.312 e. The zero-order chi connectivity index (χ0) is 13.3. The highest BCUT2D eigenvalue weighted by Crippen LogP contribution is 2.29. The molecule has 1 aromatic carbocycles. The summed E-state index contributed by atoms with van der Waals surface area (Å²) in [5, 5.41) is 5.05. The van der Waals surface area contributed by atoms with Crippen molar-refractivity contribution in [3.05, 3.63) is 23.8 Å². The maximum absolute atomic E-state index is 11.4. The minimum Gasteiger partial charge on any atom is -0.492 e. The molecule has 1 heterocycles. The molecule has 1 atom stereocenters. The van der Waals surface area contributed by atoms with Crippen molar-refractivity contribution in [3.63, 3.8) is 0 Å². The molecule has 0 spiro atoms. The highest BCUT2D eigenvalue weighted by Gasteiger charge is 2.27. The number of sulfonamides is 1. The third-order valence-corrected chi connectivity index (χ3v) is 3.71. The average Bonchev–Trinajstić information content (AvgIpc) is 2.35. The Bertz CT molecular complexity index is 581. The van der Waals surface area contributed by atoms with Crippen molar-refractivity contribution in [2.45, 2.75) is 11.3 Å². The lowest BCUT2D eigenvalue weighted by molar-refractivity contribution is -0.146. The van der Waals surface area contributed by atoms with E-state index in [4.69, 9.17) is 9.88 Å². The standard InChI is InChI=1S/C11H13NO5S/c1-16-11(13)8-4-7-5-9(18(12,14)15)2-3-10(7)17-6-8/h2-3,5,8H,4,6H2,1H3,(H2,12,14,15). The molecule has 0 aliphatic carbocycles. The Balaban J connectivity index is 2.33. The molecular weight excluding hydrogens is 258 g/mol. The molecule has 0 bridgehead atoms. The average molecular weight is 271 g/mol. The van der Waals surface area contributed by atoms with Crippen molar-refractivity contribution in [1.29, 1.82) is 0 Å². The van der Waals surface area contributed by atoms with Crippen molar-refractivity contribution in [2.24, 2.45) is 11.1 Å². The van der Waals surface area contributed by atoms with Gasteiger partial charge in [-0.25, -0.2) is 13.6 Å². The number of rotatable bonds is 2. The van der Waals surface area contributed by atoms with E-state index in [2.05, 4.69) is 4.74 Å². The first-order valence-corrected chi connectivity index (χ1v) is 6.83. The molecule has 0 amide bonds. The van der Waals surface area contributed by atoms with Gasteiger partial charge in [0.1, 0.15) is 12.4 Å². The number of carbonyl (C=O) groups excluding carboxylic acids is 1. The number of hydrogen-bond donors (Lipinski definition) is 1. The normalized spacial score (nSPS) is 18.7. The third-order valence-electron chi connectivity index (χ3n) is 2.80. The van der Waals surface area contributed by atoms with Crippen LogP contribution >= 0.6 is 0 Å². The van der Waals surface area contributed by atoms with Crippen LogP contribution in [0.2, 0.25) is 0 Å². The Hall–Kier alpha value is -1.60. The number of nitrogens with two attached hydrogens (primary N) is 1. The number of ether oxygens (including phenoxy) is 2. The minimum absolute atomic E-state index is 0.00960. The molecule has 2 rings (SSSR count). The fourth-order valence-corrected chi connectivity index (χ4v) is 2.43. The lowest BCUT2D eigenvalue weighted by atomic mass is 9.97. The Morgan fingerprint density at radius 2 is 2.22 bits per heavy atom. The van der Waals surface area contributed by atoms with Gasteiger partial charge in [-0.15, -0.1) is 0 Å². The van der Waals surface area contributed by atoms with Crippen LogP contribution < -0.4 is 9.88 Å². The first-order valence-electron chi connectivity index (χ1n) is 5.28. The molecule has 2 N–H and O–H groups in total. The Morgan fingerprint density at radius 3 is 2.83 bits per heavy atom. The molecule has 7 heteroatoms. The summed E-state index contributed by atoms with van der Waals surface area (Å²) in [7, 11) is -2.45. The molecule has 0 aromatic heterocycles. The fourth-order valence-electron chi connectivity index (χ4n) is 1.87. The van der Waals surface area contributed by atoms with E-state index < -0.39 is 15.9 Å². The second-order valence-corrected chi connectivity index (χ2v) is 5.61. The van der Waals surface area contributed by atoms with Gasteiger partial charge in [-0.3, -0.25) is 4.79 Å². The Kier molecular flexibility index (Phi) is 3.27. The van der Waals surface area contributed by atoms with E-state index in [1.165, 1.54) is 19.2 Å². The molecule has 1 aromatic rings. The summed E-state index contributed by atoms with van der Waals surface area (Å²) in [6, 6.07) is 4.36. The number of esters is 1. The summed E-state index contributed by atoms with van der Waals surface area (Å²) in [6.07, 6.45) is 0.380. The Labute approximate surface area is 105 Å². The molecule has 1 unspecified atom stereocenters. The van der Waals surface area contributed by atoms with Gasteiger partial charge >= 0.3 is 5.97 Å². The number of carbonyl (C=O) groups is 1. The zero-order valence-corrected chi connectivity index (χ0v) is 10.6. The fraction of sp³-hybridized carbons (Fsp3) is 0.364. The van der Waals surface area contributed by atoms with Crippen LogP contribution in [0.4, 0.5) is 0 Å². The lowest BCUT2D eigenvalue weighted by Crippen LogP contribution is -2.29. The highest BCUT2D eigenvalue weighted by molar-refractivity contribution is 7.89. The van der Waals surface area contributed by atoms with E-state index >= 15 is 0 Å². The van der Waals surface area contributed by atoms with Gasteiger partial charge in [0, 0.05) is 0 Å². The second-order valence-electron chi connectivity index (χ2n) is 4.05. The van der Waals surface area contributed by atoms with Crippen LogP contribution in [0.5, 0.6) is 5.75 Å². The van der Waals surface area contributed by atoms with Gasteiger partial charge < -0.3 is 9.47 Å². The molecule has 98 valence electrons. The van der Waals surface area contributed by atoms with Crippen molar-refractivity contribution >= 4 is 16.0 Å². The molecule has 0 saturated heterocycles. The molecule has 0 saturated carbocycles. The number of benzene rings is 1. The SMILES string of the molecule is COC(=O)C1COc2ccc(S(N)(=O)=O)cc2C1. The van der Waals surface area contributed by atoms with Gasteiger partial charge in [0.25, 0.3) is 0 Å². The predicted octanol–water partition coefficient (Wildman–Crippen LogP) is 0.0581. The topological polar surface area (TPSA) is 95.7 Å². The summed E-state index contributed by atoms with van der Waals surface area (Å²) in [5.74, 6) is -0.220. The number of primary sulfonamides is 1. The van der Waals surface area contributed by atoms with Gasteiger partial charge in [0.05, 0.1) is 17.9 Å². The van der Waals surface area contributed by atoms with Crippen LogP contribution in [-0.4, -0.2) is 28.1 Å². The van der Waals surface area contributed by atoms with Crippen LogP contribution in [0, 0.1) is 5.92 Å². The van der Waals surface area contributed by atoms with Gasteiger partial charge in [0.2, 0.25) is 10.0 Å². The maximum atomic E-state index is 11.4. The summed E-state index contributed by atoms with van der Waals surface area (Å²) in [5.41, 5.74) is 0.642. The Morgan fingerprint density at radius 1 is 1.50 bits per heavy atom. The van der Waals surface area contributed by atoms with Crippen LogP contribution in [0.15, 0.2) is 23.1 Å². The summed E-state index contributed by atoms with van der Waals surface area (Å²) >= 11 is 0. The maximum Gasteiger partial charge on any atom is 0.312 e. The molecule has 1 aliphatic heterocycles. The third kappa shape index (κ3) is 2.46. The first kappa shape index (κ1) is 12.8. The predicted molar refractivity (Wildman–Crippen MR) is 62.5 cm³/mol. The largest absolute Gasteiger partial charge is 0.492 e. The van der Waals surface area contributed by atoms with E-state index in [9.17, 15) is 13.2 Å².